The van der Waals surface area contributed by atoms with Gasteiger partial charge >= 0.3 is 160 Å². The van der Waals surface area contributed by atoms with Crippen molar-refractivity contribution < 1.29 is 49.5 Å². The summed E-state index contributed by atoms with van der Waals surface area (Å²) < 4.78 is 0.601. The van der Waals surface area contributed by atoms with Gasteiger partial charge in [-0.2, -0.15) is 0 Å². The summed E-state index contributed by atoms with van der Waals surface area (Å²) in [6.07, 6.45) is 6.63. The molecular formula is C23H21Cl2Zr. The summed E-state index contributed by atoms with van der Waals surface area (Å²) in [7, 11) is 0. The summed E-state index contributed by atoms with van der Waals surface area (Å²) in [4.78, 5) is 0. The maximum absolute atomic E-state index is 3.94. The maximum Gasteiger partial charge on any atom is -1.00 e. The van der Waals surface area contributed by atoms with Gasteiger partial charge in [-0.25, -0.2) is 0 Å². The molecule has 3 heteroatoms. The molecule has 2 unspecified atom stereocenters. The van der Waals surface area contributed by atoms with E-state index in [4.69, 9.17) is 0 Å². The molecule has 2 aliphatic carbocycles. The Kier molecular flexibility index (Phi) is 7.31. The summed E-state index contributed by atoms with van der Waals surface area (Å²) in [5.74, 6) is 0.424. The third kappa shape index (κ3) is 3.47. The van der Waals surface area contributed by atoms with E-state index in [1.807, 2.05) is 0 Å². The van der Waals surface area contributed by atoms with Crippen molar-refractivity contribution in [2.75, 3.05) is 0 Å². The molecule has 4 rings (SSSR count). The van der Waals surface area contributed by atoms with Crippen molar-refractivity contribution in [3.63, 3.8) is 0 Å². The Hall–Kier alpha value is -0.877. The van der Waals surface area contributed by atoms with E-state index >= 15 is 0 Å². The normalized spacial score (nSPS) is 19.9. The molecule has 2 aromatic carbocycles. The molecule has 2 aromatic rings. The molecule has 0 radical (unpaired) electrons. The summed E-state index contributed by atoms with van der Waals surface area (Å²) >= 11 is 1.60. The third-order valence-electron chi connectivity index (χ3n) is 5.31. The van der Waals surface area contributed by atoms with E-state index in [1.165, 1.54) is 27.8 Å². The largest absolute Gasteiger partial charge is 1.00 e. The van der Waals surface area contributed by atoms with E-state index in [0.29, 0.717) is 9.54 Å². The zero-order valence-electron chi connectivity index (χ0n) is 14.8. The number of benzene rings is 2. The molecule has 0 saturated carbocycles. The van der Waals surface area contributed by atoms with Crippen LogP contribution in [0, 0.1) is 0 Å². The fraction of sp³-hybridized carbons (Fsp3) is 0.217. The molecule has 0 heterocycles. The van der Waals surface area contributed by atoms with Crippen molar-refractivity contribution in [3.05, 3.63) is 94.6 Å². The minimum Gasteiger partial charge on any atom is -1.00 e. The van der Waals surface area contributed by atoms with Gasteiger partial charge in [-0.1, -0.05) is 0 Å². The molecule has 0 aromatic heterocycles. The molecule has 0 saturated heterocycles. The average molecular weight is 460 g/mol. The first kappa shape index (κ1) is 21.4. The number of hydrogen-bond donors (Lipinski definition) is 0. The van der Waals surface area contributed by atoms with E-state index in [1.54, 1.807) is 35.9 Å². The van der Waals surface area contributed by atoms with Crippen LogP contribution in [0.25, 0.3) is 11.6 Å². The van der Waals surface area contributed by atoms with Gasteiger partial charge < -0.3 is 24.8 Å². The summed E-state index contributed by atoms with van der Waals surface area (Å²) in [6.45, 7) is 6.24. The smallest absolute Gasteiger partial charge is 1.00 e. The molecule has 0 amide bonds. The summed E-state index contributed by atoms with van der Waals surface area (Å²) in [5.41, 5.74) is 10.6. The van der Waals surface area contributed by atoms with Gasteiger partial charge in [0.25, 0.3) is 0 Å². The Labute approximate surface area is 184 Å². The second-order valence-corrected chi connectivity index (χ2v) is 8.16. The van der Waals surface area contributed by atoms with Crippen molar-refractivity contribution in [2.24, 2.45) is 0 Å². The molecule has 0 fully saturated rings. The van der Waals surface area contributed by atoms with Crippen molar-refractivity contribution >= 4 is 11.6 Å². The second kappa shape index (κ2) is 8.87. The SMILES string of the molecule is C=CCCC1=C(C2C(C)=Cc3ccccc32)c2ccccc2[CH]1[Zr+2].[Cl-].[Cl-]. The quantitative estimate of drug-likeness (QED) is 0.574. The number of hydrogen-bond acceptors (Lipinski definition) is 0. The number of halogens is 2. The van der Waals surface area contributed by atoms with Crippen LogP contribution in [0.15, 0.2) is 72.3 Å². The van der Waals surface area contributed by atoms with Crippen LogP contribution in [0.5, 0.6) is 0 Å². The molecule has 0 bridgehead atoms. The Morgan fingerprint density at radius 3 is 2.38 bits per heavy atom. The maximum atomic E-state index is 3.94. The molecule has 0 N–H and O–H groups in total. The van der Waals surface area contributed by atoms with Gasteiger partial charge in [0.05, 0.1) is 0 Å². The van der Waals surface area contributed by atoms with Crippen LogP contribution in [0.3, 0.4) is 0 Å². The topological polar surface area (TPSA) is 0 Å². The number of rotatable bonds is 4. The van der Waals surface area contributed by atoms with Gasteiger partial charge in [-0.15, -0.1) is 0 Å². The number of allylic oxidation sites excluding steroid dienone is 4. The van der Waals surface area contributed by atoms with E-state index in [2.05, 4.69) is 74.2 Å². The third-order valence-corrected chi connectivity index (χ3v) is 6.93. The monoisotopic (exact) mass is 457 g/mol. The average Bonchev–Trinajstić information content (AvgIpc) is 3.07. The molecule has 131 valence electrons. The second-order valence-electron chi connectivity index (χ2n) is 6.74. The van der Waals surface area contributed by atoms with Gasteiger partial charge in [0.1, 0.15) is 0 Å². The van der Waals surface area contributed by atoms with Crippen molar-refractivity contribution in [1.29, 1.82) is 0 Å². The van der Waals surface area contributed by atoms with E-state index in [9.17, 15) is 0 Å². The molecule has 0 nitrogen and oxygen atoms in total. The van der Waals surface area contributed by atoms with Crippen molar-refractivity contribution in [3.8, 4) is 0 Å². The van der Waals surface area contributed by atoms with Gasteiger partial charge in [0, 0.05) is 0 Å². The summed E-state index contributed by atoms with van der Waals surface area (Å²) in [6, 6.07) is 17.9. The van der Waals surface area contributed by atoms with Crippen LogP contribution < -0.4 is 24.8 Å². The van der Waals surface area contributed by atoms with Crippen molar-refractivity contribution in [2.45, 2.75) is 29.3 Å². The minimum atomic E-state index is 0. The van der Waals surface area contributed by atoms with Crippen molar-refractivity contribution in [1.82, 2.24) is 0 Å². The Bertz CT molecular complexity index is 879. The zero-order chi connectivity index (χ0) is 16.7. The molecule has 2 aliphatic rings. The molecule has 0 spiro atoms. The predicted molar refractivity (Wildman–Crippen MR) is 98.4 cm³/mol. The fourth-order valence-electron chi connectivity index (χ4n) is 4.25. The fourth-order valence-corrected chi connectivity index (χ4v) is 5.61. The van der Waals surface area contributed by atoms with Gasteiger partial charge in [-0.3, -0.25) is 0 Å². The van der Waals surface area contributed by atoms with E-state index in [0.717, 1.165) is 12.8 Å². The van der Waals surface area contributed by atoms with E-state index in [-0.39, 0.29) is 24.8 Å². The van der Waals surface area contributed by atoms with Gasteiger partial charge in [0.15, 0.2) is 0 Å². The molecular weight excluding hydrogens is 438 g/mol. The van der Waals surface area contributed by atoms with Gasteiger partial charge in [0.2, 0.25) is 0 Å². The van der Waals surface area contributed by atoms with Crippen LogP contribution in [-0.2, 0) is 24.7 Å². The Morgan fingerprint density at radius 2 is 1.65 bits per heavy atom. The van der Waals surface area contributed by atoms with Crippen LogP contribution in [0.2, 0.25) is 0 Å². The molecule has 2 atom stereocenters. The zero-order valence-corrected chi connectivity index (χ0v) is 18.8. The molecule has 26 heavy (non-hydrogen) atoms. The number of fused-ring (bicyclic) bond motifs is 2. The van der Waals surface area contributed by atoms with Crippen LogP contribution >= 0.6 is 0 Å². The first-order valence-corrected chi connectivity index (χ1v) is 10.1. The summed E-state index contributed by atoms with van der Waals surface area (Å²) in [5, 5.41) is 0. The first-order valence-electron chi connectivity index (χ1n) is 8.63. The standard InChI is InChI=1S/C23H21.2ClH.Zr/c1-3-4-9-19-15-18-11-6-8-13-21(18)23(19)22-16(2)14-17-10-5-7-12-20(17)22;;;/h3,5-8,10-15,22H,1,4,9H2,2H3;2*1H;/q;;;+2/p-2. The Balaban J connectivity index is 0.00000121. The predicted octanol–water partition coefficient (Wildman–Crippen LogP) is 0.217. The molecule has 0 aliphatic heterocycles. The minimum absolute atomic E-state index is 0. The van der Waals surface area contributed by atoms with E-state index < -0.39 is 0 Å². The Morgan fingerprint density at radius 1 is 1.00 bits per heavy atom. The van der Waals surface area contributed by atoms with Crippen LogP contribution in [0.1, 0.15) is 51.6 Å². The van der Waals surface area contributed by atoms with Crippen LogP contribution in [0.4, 0.5) is 0 Å². The first-order chi connectivity index (χ1) is 11.7. The van der Waals surface area contributed by atoms with Crippen LogP contribution in [-0.4, -0.2) is 0 Å². The van der Waals surface area contributed by atoms with Gasteiger partial charge in [-0.05, 0) is 0 Å².